The lowest BCUT2D eigenvalue weighted by Gasteiger charge is -2.26. The van der Waals surface area contributed by atoms with E-state index in [0.717, 1.165) is 53.9 Å². The Hall–Kier alpha value is -6.23. The second-order valence-corrected chi connectivity index (χ2v) is 16.2. The van der Waals surface area contributed by atoms with Crippen molar-refractivity contribution in [2.24, 2.45) is 14.1 Å². The number of Topliss-reactive ketones (excluding diaryl/α,β-unsaturated/α-hetero) is 1. The molecular weight excluding hydrogens is 807 g/mol. The Labute approximate surface area is 352 Å². The maximum Gasteiger partial charge on any atom is 0.255 e. The molecule has 6 heterocycles. The largest absolute Gasteiger partial charge is 0.393 e. The van der Waals surface area contributed by atoms with Crippen molar-refractivity contribution in [1.82, 2.24) is 60.1 Å². The van der Waals surface area contributed by atoms with Gasteiger partial charge in [0.1, 0.15) is 39.6 Å². The number of nitrogens with zero attached hydrogens (tertiary/aromatic N) is 8. The number of aliphatic hydroxyl groups is 1. The van der Waals surface area contributed by atoms with Gasteiger partial charge in [-0.25, -0.2) is 19.9 Å². The third kappa shape index (κ3) is 7.69. The number of H-pyrrole nitrogens is 2. The molecule has 0 bridgehead atoms. The van der Waals surface area contributed by atoms with Crippen LogP contribution in [0, 0.1) is 0 Å². The monoisotopic (exact) mass is 846 g/mol. The van der Waals surface area contributed by atoms with Crippen LogP contribution in [-0.2, 0) is 18.9 Å². The number of aromatic amines is 2. The number of hydrogen-bond donors (Lipinski definition) is 5. The number of aliphatic hydroxyl groups excluding tert-OH is 1. The molecule has 16 nitrogen and oxygen atoms in total. The molecule has 2 fully saturated rings. The Morgan fingerprint density at radius 2 is 1.27 bits per heavy atom. The number of hydrogen-bond acceptors (Lipinski definition) is 10. The van der Waals surface area contributed by atoms with E-state index in [4.69, 9.17) is 33.2 Å². The molecule has 2 aliphatic carbocycles. The molecule has 18 heteroatoms. The van der Waals surface area contributed by atoms with E-state index >= 15 is 0 Å². The van der Waals surface area contributed by atoms with Gasteiger partial charge in [0, 0.05) is 72.2 Å². The number of amides is 2. The van der Waals surface area contributed by atoms with Gasteiger partial charge in [0.05, 0.1) is 40.7 Å². The van der Waals surface area contributed by atoms with E-state index in [1.54, 1.807) is 34.2 Å². The van der Waals surface area contributed by atoms with E-state index < -0.39 is 0 Å². The van der Waals surface area contributed by atoms with Crippen LogP contribution in [0.5, 0.6) is 0 Å². The van der Waals surface area contributed by atoms with Crippen molar-refractivity contribution in [2.45, 2.75) is 69.6 Å². The van der Waals surface area contributed by atoms with Gasteiger partial charge in [-0.1, -0.05) is 23.2 Å². The summed E-state index contributed by atoms with van der Waals surface area (Å²) in [5, 5.41) is 28.1. The van der Waals surface area contributed by atoms with Crippen LogP contribution in [-0.4, -0.2) is 90.4 Å². The maximum absolute atomic E-state index is 12.9. The van der Waals surface area contributed by atoms with Crippen molar-refractivity contribution >= 4 is 84.9 Å². The molecule has 60 heavy (non-hydrogen) atoms. The Morgan fingerprint density at radius 1 is 0.750 bits per heavy atom. The lowest BCUT2D eigenvalue weighted by molar-refractivity contribution is -0.120. The Morgan fingerprint density at radius 3 is 1.78 bits per heavy atom. The van der Waals surface area contributed by atoms with Gasteiger partial charge >= 0.3 is 0 Å². The van der Waals surface area contributed by atoms with Gasteiger partial charge in [-0.15, -0.1) is 0 Å². The van der Waals surface area contributed by atoms with Crippen LogP contribution in [0.1, 0.15) is 72.1 Å². The first-order valence-electron chi connectivity index (χ1n) is 19.7. The predicted molar refractivity (Wildman–Crippen MR) is 228 cm³/mol. The number of carbonyl (C=O) groups is 3. The fourth-order valence-electron chi connectivity index (χ4n) is 8.17. The second kappa shape index (κ2) is 16.1. The first-order chi connectivity index (χ1) is 29.0. The molecule has 306 valence electrons. The summed E-state index contributed by atoms with van der Waals surface area (Å²) in [5.41, 5.74) is 7.13. The van der Waals surface area contributed by atoms with Crippen molar-refractivity contribution in [3.05, 3.63) is 82.4 Å². The zero-order chi connectivity index (χ0) is 41.7. The van der Waals surface area contributed by atoms with Crippen LogP contribution in [0.2, 0.25) is 10.0 Å². The van der Waals surface area contributed by atoms with Gasteiger partial charge in [-0.05, 0) is 74.9 Å². The van der Waals surface area contributed by atoms with Crippen LogP contribution >= 0.6 is 23.2 Å². The van der Waals surface area contributed by atoms with Crippen LogP contribution in [0.4, 0.5) is 0 Å². The van der Waals surface area contributed by atoms with Crippen molar-refractivity contribution < 1.29 is 19.5 Å². The molecule has 3 unspecified atom stereocenters. The molecule has 6 aromatic heterocycles. The maximum atomic E-state index is 12.9. The molecule has 0 aliphatic heterocycles. The quantitative estimate of drug-likeness (QED) is 0.121. The van der Waals surface area contributed by atoms with Gasteiger partial charge in [-0.3, -0.25) is 23.7 Å². The summed E-state index contributed by atoms with van der Waals surface area (Å²) < 4.78 is 3.49. The van der Waals surface area contributed by atoms with E-state index in [1.165, 1.54) is 0 Å². The van der Waals surface area contributed by atoms with Gasteiger partial charge < -0.3 is 25.7 Å². The van der Waals surface area contributed by atoms with Gasteiger partial charge in [0.15, 0.2) is 11.3 Å². The van der Waals surface area contributed by atoms with Crippen LogP contribution in [0.15, 0.2) is 61.2 Å². The molecule has 3 atom stereocenters. The van der Waals surface area contributed by atoms with E-state index in [9.17, 15) is 19.5 Å². The van der Waals surface area contributed by atoms with Gasteiger partial charge in [0.25, 0.3) is 11.8 Å². The van der Waals surface area contributed by atoms with Crippen LogP contribution < -0.4 is 10.6 Å². The highest BCUT2D eigenvalue weighted by atomic mass is 35.5. The zero-order valence-corrected chi connectivity index (χ0v) is 34.2. The number of aromatic nitrogens is 10. The number of fused-ring (bicyclic) bond motifs is 4. The number of nitrogens with one attached hydrogen (secondary N) is 4. The van der Waals surface area contributed by atoms with Crippen LogP contribution in [0.3, 0.4) is 0 Å². The summed E-state index contributed by atoms with van der Waals surface area (Å²) in [4.78, 5) is 61.7. The zero-order valence-electron chi connectivity index (χ0n) is 32.7. The fraction of sp³-hybridized carbons (Fsp3) is 0.310. The highest BCUT2D eigenvalue weighted by Gasteiger charge is 2.26. The Bertz CT molecular complexity index is 2970. The SMILES string of the molecule is Cn1nc(-c2cnc3[nH]cc(C(=O)NC4CCCC(=O)C4)c3n2)c2ccc(Cl)cc21.Cn1nc(-c2cnc3[nH]cc(C(=O)NC4CCCC(O)C4)c3n2)c2ccc(Cl)cc21. The molecule has 2 aliphatic rings. The second-order valence-electron chi connectivity index (χ2n) is 15.4. The van der Waals surface area contributed by atoms with Crippen molar-refractivity contribution in [2.75, 3.05) is 0 Å². The minimum atomic E-state index is -0.357. The van der Waals surface area contributed by atoms with E-state index in [2.05, 4.69) is 40.8 Å². The van der Waals surface area contributed by atoms with Crippen molar-refractivity contribution in [3.8, 4) is 22.8 Å². The lowest BCUT2D eigenvalue weighted by atomic mass is 9.93. The van der Waals surface area contributed by atoms with Crippen molar-refractivity contribution in [3.63, 3.8) is 0 Å². The summed E-state index contributed by atoms with van der Waals surface area (Å²) in [5.74, 6) is -0.288. The average molecular weight is 848 g/mol. The fourth-order valence-corrected chi connectivity index (χ4v) is 8.50. The molecule has 0 spiro atoms. The summed E-state index contributed by atoms with van der Waals surface area (Å²) >= 11 is 12.2. The molecule has 8 aromatic rings. The van der Waals surface area contributed by atoms with Gasteiger partial charge in [0.2, 0.25) is 0 Å². The average Bonchev–Trinajstić information content (AvgIpc) is 4.01. The molecule has 5 N–H and O–H groups in total. The number of rotatable bonds is 6. The number of benzene rings is 2. The third-order valence-electron chi connectivity index (χ3n) is 11.2. The molecule has 0 saturated heterocycles. The Balaban J connectivity index is 0.000000154. The van der Waals surface area contributed by atoms with Crippen LogP contribution in [0.25, 0.3) is 66.9 Å². The number of carbonyl (C=O) groups excluding carboxylic acids is 3. The Kier molecular flexibility index (Phi) is 10.5. The highest BCUT2D eigenvalue weighted by Crippen LogP contribution is 2.31. The lowest BCUT2D eigenvalue weighted by Crippen LogP contribution is -2.39. The molecular formula is C42H40Cl2N12O4. The first-order valence-corrected chi connectivity index (χ1v) is 20.5. The minimum absolute atomic E-state index is 0.0353. The van der Waals surface area contributed by atoms with E-state index in [0.29, 0.717) is 85.5 Å². The van der Waals surface area contributed by atoms with E-state index in [-0.39, 0.29) is 35.8 Å². The topological polar surface area (TPSA) is 214 Å². The standard InChI is InChI=1S/C21H21ClN6O2.C21H19ClN6O2/c2*1-28-17-7-11(22)5-6-14(17)18(27-28)16-10-24-20-19(26-16)15(9-23-20)21(30)25-12-3-2-4-13(29)8-12/h5-7,9-10,12-13,29H,2-4,8H2,1H3,(H,23,24)(H,25,30);5-7,9-10,12H,2-4,8H2,1H3,(H,23,24)(H,25,30). The summed E-state index contributed by atoms with van der Waals surface area (Å²) in [7, 11) is 3.69. The third-order valence-corrected chi connectivity index (χ3v) is 11.6. The summed E-state index contributed by atoms with van der Waals surface area (Å²) in [6, 6.07) is 11.0. The highest BCUT2D eigenvalue weighted by molar-refractivity contribution is 6.31. The first kappa shape index (κ1) is 39.2. The smallest absolute Gasteiger partial charge is 0.255 e. The molecule has 2 saturated carbocycles. The number of aryl methyl sites for hydroxylation is 2. The number of halogens is 2. The predicted octanol–water partition coefficient (Wildman–Crippen LogP) is 6.60. The minimum Gasteiger partial charge on any atom is -0.393 e. The van der Waals surface area contributed by atoms with Gasteiger partial charge in [-0.2, -0.15) is 10.2 Å². The molecule has 0 radical (unpaired) electrons. The van der Waals surface area contributed by atoms with E-state index in [1.807, 2.05) is 50.5 Å². The number of ketones is 1. The molecule has 10 rings (SSSR count). The summed E-state index contributed by atoms with van der Waals surface area (Å²) in [6.07, 6.45) is 11.9. The molecule has 2 aromatic carbocycles. The molecule has 2 amide bonds. The summed E-state index contributed by atoms with van der Waals surface area (Å²) in [6.45, 7) is 0. The van der Waals surface area contributed by atoms with Crippen molar-refractivity contribution in [1.29, 1.82) is 0 Å². The normalized spacial score (nSPS) is 18.2.